The predicted molar refractivity (Wildman–Crippen MR) is 61.0 cm³/mol. The summed E-state index contributed by atoms with van der Waals surface area (Å²) in [6, 6.07) is 2.50. The van der Waals surface area contributed by atoms with Crippen molar-refractivity contribution in [1.29, 1.82) is 0 Å². The van der Waals surface area contributed by atoms with E-state index in [9.17, 15) is 4.79 Å². The van der Waals surface area contributed by atoms with E-state index in [0.29, 0.717) is 11.8 Å². The van der Waals surface area contributed by atoms with Crippen LogP contribution in [0.15, 0.2) is 30.2 Å². The summed E-state index contributed by atoms with van der Waals surface area (Å²) < 4.78 is 15.9. The maximum absolute atomic E-state index is 11.6. The molecule has 0 saturated carbocycles. The summed E-state index contributed by atoms with van der Waals surface area (Å²) >= 11 is 0. The minimum absolute atomic E-state index is 0.118. The molecule has 0 spiro atoms. The molecule has 0 radical (unpaired) electrons. The van der Waals surface area contributed by atoms with E-state index < -0.39 is 0 Å². The third-order valence-corrected chi connectivity index (χ3v) is 2.24. The van der Waals surface area contributed by atoms with Crippen LogP contribution < -0.4 is 5.43 Å². The first-order valence-electron chi connectivity index (χ1n) is 5.38. The first-order chi connectivity index (χ1) is 9.11. The molecule has 0 aliphatic heterocycles. The third-order valence-electron chi connectivity index (χ3n) is 2.24. The highest BCUT2D eigenvalue weighted by Crippen LogP contribution is 2.22. The van der Waals surface area contributed by atoms with E-state index in [1.54, 1.807) is 13.8 Å². The Morgan fingerprint density at radius 1 is 0.789 bits per heavy atom. The van der Waals surface area contributed by atoms with Gasteiger partial charge in [0, 0.05) is 26.0 Å². The van der Waals surface area contributed by atoms with Crippen LogP contribution in [0, 0.1) is 13.8 Å². The van der Waals surface area contributed by atoms with Gasteiger partial charge in [0.1, 0.15) is 0 Å². The summed E-state index contributed by atoms with van der Waals surface area (Å²) in [4.78, 5) is 11.6. The van der Waals surface area contributed by atoms with Crippen molar-refractivity contribution in [3.05, 3.63) is 34.1 Å². The molecule has 0 aliphatic rings. The van der Waals surface area contributed by atoms with Crippen molar-refractivity contribution in [1.82, 2.24) is 20.4 Å². The first-order valence-corrected chi connectivity index (χ1v) is 5.38. The van der Waals surface area contributed by atoms with Gasteiger partial charge in [-0.05, 0) is 0 Å². The lowest BCUT2D eigenvalue weighted by molar-refractivity contribution is 0.473. The highest BCUT2D eigenvalue weighted by atomic mass is 16.4. The third kappa shape index (κ3) is 2.15. The average Bonchev–Trinajstić information content (AvgIpc) is 2.97. The van der Waals surface area contributed by atoms with Gasteiger partial charge in [-0.3, -0.25) is 4.79 Å². The molecule has 0 fully saturated rings. The monoisotopic (exact) mass is 260 g/mol. The summed E-state index contributed by atoms with van der Waals surface area (Å²) in [6.45, 7) is 3.28. The lowest BCUT2D eigenvalue weighted by atomic mass is 10.3. The van der Waals surface area contributed by atoms with Gasteiger partial charge in [-0.2, -0.15) is 0 Å². The fourth-order valence-electron chi connectivity index (χ4n) is 1.48. The molecule has 0 atom stereocenters. The van der Waals surface area contributed by atoms with Gasteiger partial charge in [0.25, 0.3) is 11.8 Å². The largest absolute Gasteiger partial charge is 0.446 e. The molecular weight excluding hydrogens is 252 g/mol. The van der Waals surface area contributed by atoms with E-state index >= 15 is 0 Å². The Labute approximate surface area is 106 Å². The molecule has 3 heterocycles. The Morgan fingerprint density at radius 2 is 1.26 bits per heavy atom. The zero-order valence-corrected chi connectivity index (χ0v) is 10.1. The lowest BCUT2D eigenvalue weighted by Crippen LogP contribution is -1.98. The Morgan fingerprint density at radius 3 is 1.63 bits per heavy atom. The van der Waals surface area contributed by atoms with Crippen molar-refractivity contribution in [3.8, 4) is 23.3 Å². The Hall–Kier alpha value is -2.77. The molecule has 3 rings (SSSR count). The minimum atomic E-state index is -0.289. The number of aromatic nitrogens is 4. The molecule has 19 heavy (non-hydrogen) atoms. The van der Waals surface area contributed by atoms with Crippen molar-refractivity contribution in [2.45, 2.75) is 13.8 Å². The summed E-state index contributed by atoms with van der Waals surface area (Å²) in [6.07, 6.45) is 0. The molecule has 8 heteroatoms. The first kappa shape index (κ1) is 11.3. The van der Waals surface area contributed by atoms with E-state index in [1.807, 2.05) is 0 Å². The van der Waals surface area contributed by atoms with Gasteiger partial charge in [-0.1, -0.05) is 0 Å². The normalized spacial score (nSPS) is 10.8. The van der Waals surface area contributed by atoms with Crippen molar-refractivity contribution in [2.75, 3.05) is 0 Å². The maximum Gasteiger partial charge on any atom is 0.283 e. The van der Waals surface area contributed by atoms with Crippen LogP contribution in [-0.4, -0.2) is 20.4 Å². The van der Waals surface area contributed by atoms with E-state index in [4.69, 9.17) is 13.3 Å². The van der Waals surface area contributed by atoms with Gasteiger partial charge in [0.2, 0.25) is 11.8 Å². The van der Waals surface area contributed by atoms with E-state index in [1.165, 1.54) is 12.1 Å². The molecule has 0 N–H and O–H groups in total. The van der Waals surface area contributed by atoms with Crippen LogP contribution in [0.4, 0.5) is 0 Å². The summed E-state index contributed by atoms with van der Waals surface area (Å²) in [5, 5.41) is 14.9. The fourth-order valence-corrected chi connectivity index (χ4v) is 1.48. The highest BCUT2D eigenvalue weighted by Gasteiger charge is 2.15. The van der Waals surface area contributed by atoms with E-state index in [0.717, 1.165) is 0 Å². The fraction of sp³-hybridized carbons (Fsp3) is 0.182. The molecule has 0 aromatic carbocycles. The molecule has 0 bridgehead atoms. The van der Waals surface area contributed by atoms with Crippen molar-refractivity contribution in [3.63, 3.8) is 0 Å². The maximum atomic E-state index is 11.6. The van der Waals surface area contributed by atoms with Crippen LogP contribution in [0.25, 0.3) is 23.3 Å². The van der Waals surface area contributed by atoms with Gasteiger partial charge < -0.3 is 13.3 Å². The second-order valence-corrected chi connectivity index (χ2v) is 3.77. The molecule has 0 aliphatic carbocycles. The second-order valence-electron chi connectivity index (χ2n) is 3.77. The van der Waals surface area contributed by atoms with Gasteiger partial charge in [-0.25, -0.2) is 0 Å². The van der Waals surface area contributed by atoms with Crippen molar-refractivity contribution in [2.24, 2.45) is 0 Å². The van der Waals surface area contributed by atoms with E-state index in [2.05, 4.69) is 20.4 Å². The Kier molecular flexibility index (Phi) is 2.48. The number of hydrogen-bond acceptors (Lipinski definition) is 8. The topological polar surface area (TPSA) is 108 Å². The number of nitrogens with zero attached hydrogens (tertiary/aromatic N) is 4. The second kappa shape index (κ2) is 4.16. The minimum Gasteiger partial charge on any atom is -0.446 e. The van der Waals surface area contributed by atoms with Crippen LogP contribution in [-0.2, 0) is 0 Å². The Bertz CT molecular complexity index is 724. The zero-order chi connectivity index (χ0) is 13.4. The number of rotatable bonds is 2. The molecule has 3 aromatic heterocycles. The van der Waals surface area contributed by atoms with Crippen molar-refractivity contribution >= 4 is 0 Å². The summed E-state index contributed by atoms with van der Waals surface area (Å²) in [5.74, 6) is 1.28. The molecule has 0 unspecified atom stereocenters. The van der Waals surface area contributed by atoms with Gasteiger partial charge in [0.05, 0.1) is 0 Å². The van der Waals surface area contributed by atoms with Gasteiger partial charge in [-0.15, -0.1) is 20.4 Å². The van der Waals surface area contributed by atoms with Crippen LogP contribution in [0.1, 0.15) is 11.8 Å². The highest BCUT2D eigenvalue weighted by molar-refractivity contribution is 5.50. The van der Waals surface area contributed by atoms with Crippen LogP contribution in [0.3, 0.4) is 0 Å². The smallest absolute Gasteiger partial charge is 0.283 e. The predicted octanol–water partition coefficient (Wildman–Crippen LogP) is 1.36. The summed E-state index contributed by atoms with van der Waals surface area (Å²) in [5.41, 5.74) is -0.289. The molecular formula is C11H8N4O4. The average molecular weight is 260 g/mol. The van der Waals surface area contributed by atoms with Crippen LogP contribution in [0.2, 0.25) is 0 Å². The lowest BCUT2D eigenvalue weighted by Gasteiger charge is -1.97. The number of hydrogen-bond donors (Lipinski definition) is 0. The van der Waals surface area contributed by atoms with Crippen molar-refractivity contribution < 1.29 is 13.3 Å². The molecule has 3 aromatic rings. The molecule has 0 saturated heterocycles. The standard InChI is InChI=1S/C11H8N4O4/c1-5-12-14-10(17-5)8-3-7(16)4-9(19-8)11-15-13-6(2)18-11/h3-4H,1-2H3. The van der Waals surface area contributed by atoms with Gasteiger partial charge in [0.15, 0.2) is 16.9 Å². The SMILES string of the molecule is Cc1nnc(-c2cc(=O)cc(-c3nnc(C)o3)o2)o1. The molecule has 8 nitrogen and oxygen atoms in total. The summed E-state index contributed by atoms with van der Waals surface area (Å²) in [7, 11) is 0. The number of aryl methyl sites for hydroxylation is 2. The zero-order valence-electron chi connectivity index (χ0n) is 10.1. The van der Waals surface area contributed by atoms with Crippen LogP contribution >= 0.6 is 0 Å². The molecule has 0 amide bonds. The Balaban J connectivity index is 2.13. The van der Waals surface area contributed by atoms with Gasteiger partial charge >= 0.3 is 0 Å². The van der Waals surface area contributed by atoms with Crippen LogP contribution in [0.5, 0.6) is 0 Å². The van der Waals surface area contributed by atoms with E-state index in [-0.39, 0.29) is 28.7 Å². The molecule has 96 valence electrons. The quantitative estimate of drug-likeness (QED) is 0.679.